The van der Waals surface area contributed by atoms with Gasteiger partial charge in [0, 0.05) is 18.3 Å². The number of carbonyl (C=O) groups is 1. The molecule has 1 nitrogen and oxygen atoms in total. The second-order valence-corrected chi connectivity index (χ2v) is 6.40. The van der Waals surface area contributed by atoms with Crippen LogP contribution in [0.1, 0.15) is 36.0 Å². The van der Waals surface area contributed by atoms with Crippen molar-refractivity contribution in [2.45, 2.75) is 38.0 Å². The Morgan fingerprint density at radius 2 is 2.17 bits per heavy atom. The summed E-state index contributed by atoms with van der Waals surface area (Å²) in [4.78, 5) is 12.1. The molecular weight excluding hydrogens is 220 g/mol. The second-order valence-electron chi connectivity index (χ2n) is 6.40. The van der Waals surface area contributed by atoms with Gasteiger partial charge in [0.15, 0.2) is 0 Å². The van der Waals surface area contributed by atoms with Crippen LogP contribution in [0.3, 0.4) is 0 Å². The van der Waals surface area contributed by atoms with E-state index in [2.05, 4.69) is 37.3 Å². The van der Waals surface area contributed by atoms with Gasteiger partial charge in [-0.25, -0.2) is 0 Å². The van der Waals surface area contributed by atoms with E-state index in [9.17, 15) is 4.79 Å². The molecule has 1 heteroatoms. The molecule has 0 amide bonds. The Kier molecular flexibility index (Phi) is 1.96. The van der Waals surface area contributed by atoms with Crippen LogP contribution in [0.25, 0.3) is 0 Å². The molecule has 3 atom stereocenters. The number of aryl methyl sites for hydroxylation is 1. The van der Waals surface area contributed by atoms with Gasteiger partial charge in [-0.3, -0.25) is 4.79 Å². The van der Waals surface area contributed by atoms with Gasteiger partial charge < -0.3 is 0 Å². The number of fused-ring (bicyclic) bond motifs is 5. The Labute approximate surface area is 108 Å². The first-order chi connectivity index (χ1) is 8.67. The third kappa shape index (κ3) is 1.25. The second kappa shape index (κ2) is 3.34. The van der Waals surface area contributed by atoms with E-state index in [4.69, 9.17) is 0 Å². The van der Waals surface area contributed by atoms with Crippen molar-refractivity contribution in [2.75, 3.05) is 0 Å². The number of carbonyl (C=O) groups excluding carboxylic acids is 1. The zero-order valence-corrected chi connectivity index (χ0v) is 10.8. The average Bonchev–Trinajstić information content (AvgIpc) is 2.91. The summed E-state index contributed by atoms with van der Waals surface area (Å²) in [5, 5.41) is 0. The summed E-state index contributed by atoms with van der Waals surface area (Å²) >= 11 is 0. The number of allylic oxidation sites excluding steroid dienone is 2. The summed E-state index contributed by atoms with van der Waals surface area (Å²) in [5.74, 6) is 1.76. The van der Waals surface area contributed by atoms with Crippen LogP contribution in [-0.4, -0.2) is 5.78 Å². The van der Waals surface area contributed by atoms with Gasteiger partial charge in [0.1, 0.15) is 5.78 Å². The van der Waals surface area contributed by atoms with Gasteiger partial charge in [0.2, 0.25) is 0 Å². The molecule has 4 rings (SSSR count). The zero-order chi connectivity index (χ0) is 12.3. The van der Waals surface area contributed by atoms with Gasteiger partial charge in [-0.1, -0.05) is 35.9 Å². The maximum atomic E-state index is 12.1. The van der Waals surface area contributed by atoms with Crippen LogP contribution in [0.4, 0.5) is 0 Å². The van der Waals surface area contributed by atoms with Crippen LogP contribution in [0.5, 0.6) is 0 Å². The van der Waals surface area contributed by atoms with E-state index in [1.165, 1.54) is 29.5 Å². The van der Waals surface area contributed by atoms with E-state index in [-0.39, 0.29) is 5.41 Å². The van der Waals surface area contributed by atoms with E-state index in [1.807, 2.05) is 0 Å². The van der Waals surface area contributed by atoms with Crippen molar-refractivity contribution in [2.24, 2.45) is 11.8 Å². The van der Waals surface area contributed by atoms with Gasteiger partial charge in [-0.2, -0.15) is 0 Å². The minimum Gasteiger partial charge on any atom is -0.299 e. The van der Waals surface area contributed by atoms with Gasteiger partial charge in [0.05, 0.1) is 0 Å². The van der Waals surface area contributed by atoms with Crippen LogP contribution < -0.4 is 0 Å². The van der Waals surface area contributed by atoms with E-state index in [0.29, 0.717) is 24.0 Å². The molecule has 0 heterocycles. The Morgan fingerprint density at radius 3 is 2.89 bits per heavy atom. The Bertz CT molecular complexity index is 569. The lowest BCUT2D eigenvalue weighted by Crippen LogP contribution is -2.38. The third-order valence-electron chi connectivity index (χ3n) is 5.21. The Balaban J connectivity index is 1.93. The lowest BCUT2D eigenvalue weighted by Gasteiger charge is -2.40. The maximum absolute atomic E-state index is 12.1. The predicted molar refractivity (Wildman–Crippen MR) is 71.5 cm³/mol. The molecule has 92 valence electrons. The van der Waals surface area contributed by atoms with Crippen molar-refractivity contribution in [3.8, 4) is 0 Å². The van der Waals surface area contributed by atoms with Crippen molar-refractivity contribution >= 4 is 5.78 Å². The van der Waals surface area contributed by atoms with Crippen molar-refractivity contribution in [3.63, 3.8) is 0 Å². The summed E-state index contributed by atoms with van der Waals surface area (Å²) in [7, 11) is 0. The van der Waals surface area contributed by atoms with Gasteiger partial charge in [-0.15, -0.1) is 0 Å². The molecule has 18 heavy (non-hydrogen) atoms. The molecule has 3 aliphatic rings. The molecule has 1 spiro atoms. The molecule has 0 radical (unpaired) electrons. The normalized spacial score (nSPS) is 36.4. The summed E-state index contributed by atoms with van der Waals surface area (Å²) in [6, 6.07) is 6.67. The van der Waals surface area contributed by atoms with Crippen molar-refractivity contribution in [1.82, 2.24) is 0 Å². The number of hydrogen-bond acceptors (Lipinski definition) is 1. The third-order valence-corrected chi connectivity index (χ3v) is 5.21. The van der Waals surface area contributed by atoms with Crippen LogP contribution in [0.15, 0.2) is 30.4 Å². The number of ketones is 1. The van der Waals surface area contributed by atoms with Crippen molar-refractivity contribution < 1.29 is 4.79 Å². The largest absolute Gasteiger partial charge is 0.299 e. The number of rotatable bonds is 0. The van der Waals surface area contributed by atoms with Crippen molar-refractivity contribution in [3.05, 3.63) is 47.0 Å². The van der Waals surface area contributed by atoms with Gasteiger partial charge in [0.25, 0.3) is 0 Å². The minimum absolute atomic E-state index is 0.149. The molecular formula is C17H18O. The van der Waals surface area contributed by atoms with Crippen LogP contribution in [0, 0.1) is 18.8 Å². The SMILES string of the molecule is Cc1ccc2c(c1)C1(CC(=O)C2)CC2C=CC1C2. The molecule has 1 saturated carbocycles. The monoisotopic (exact) mass is 238 g/mol. The Morgan fingerprint density at radius 1 is 1.28 bits per heavy atom. The molecule has 0 aromatic heterocycles. The summed E-state index contributed by atoms with van der Waals surface area (Å²) in [5.41, 5.74) is 4.25. The fourth-order valence-electron chi connectivity index (χ4n) is 4.50. The Hall–Kier alpha value is -1.37. The van der Waals surface area contributed by atoms with E-state index in [1.54, 1.807) is 0 Å². The average molecular weight is 238 g/mol. The highest BCUT2D eigenvalue weighted by molar-refractivity contribution is 5.85. The summed E-state index contributed by atoms with van der Waals surface area (Å²) < 4.78 is 0. The standard InChI is InChI=1S/C17H18O/c1-11-2-4-13-8-15(18)10-17(16(13)6-11)9-12-3-5-14(17)7-12/h2-6,12,14H,7-10H2,1H3. The van der Waals surface area contributed by atoms with Gasteiger partial charge >= 0.3 is 0 Å². The fraction of sp³-hybridized carbons (Fsp3) is 0.471. The van der Waals surface area contributed by atoms with E-state index >= 15 is 0 Å². The van der Waals surface area contributed by atoms with Gasteiger partial charge in [-0.05, 0) is 42.7 Å². The molecule has 0 saturated heterocycles. The molecule has 1 aromatic rings. The van der Waals surface area contributed by atoms with Crippen molar-refractivity contribution in [1.29, 1.82) is 0 Å². The van der Waals surface area contributed by atoms with Crippen LogP contribution in [-0.2, 0) is 16.6 Å². The highest BCUT2D eigenvalue weighted by Gasteiger charge is 2.52. The molecule has 2 bridgehead atoms. The quantitative estimate of drug-likeness (QED) is 0.633. The zero-order valence-electron chi connectivity index (χ0n) is 10.8. The summed E-state index contributed by atoms with van der Waals surface area (Å²) in [6.45, 7) is 2.16. The van der Waals surface area contributed by atoms with Crippen LogP contribution >= 0.6 is 0 Å². The first-order valence-corrected chi connectivity index (χ1v) is 6.97. The molecule has 0 aliphatic heterocycles. The number of benzene rings is 1. The molecule has 1 aromatic carbocycles. The van der Waals surface area contributed by atoms with Crippen LogP contribution in [0.2, 0.25) is 0 Å². The lowest BCUT2D eigenvalue weighted by molar-refractivity contribution is -0.120. The fourth-order valence-corrected chi connectivity index (χ4v) is 4.50. The topological polar surface area (TPSA) is 17.1 Å². The smallest absolute Gasteiger partial charge is 0.138 e. The predicted octanol–water partition coefficient (Wildman–Crippen LogP) is 3.34. The lowest BCUT2D eigenvalue weighted by atomic mass is 9.62. The molecule has 0 N–H and O–H groups in total. The number of Topliss-reactive ketones (excluding diaryl/α,β-unsaturated/α-hetero) is 1. The molecule has 1 fully saturated rings. The first-order valence-electron chi connectivity index (χ1n) is 6.97. The number of hydrogen-bond donors (Lipinski definition) is 0. The summed E-state index contributed by atoms with van der Waals surface area (Å²) in [6.07, 6.45) is 8.62. The highest BCUT2D eigenvalue weighted by atomic mass is 16.1. The highest BCUT2D eigenvalue weighted by Crippen LogP contribution is 2.57. The van der Waals surface area contributed by atoms with E-state index < -0.39 is 0 Å². The molecule has 3 unspecified atom stereocenters. The minimum atomic E-state index is 0.149. The molecule has 3 aliphatic carbocycles. The van der Waals surface area contributed by atoms with E-state index in [0.717, 1.165) is 6.42 Å². The first kappa shape index (κ1) is 10.5. The maximum Gasteiger partial charge on any atom is 0.138 e.